The van der Waals surface area contributed by atoms with Crippen LogP contribution >= 0.6 is 0 Å². The topological polar surface area (TPSA) is 16.1 Å². The standard InChI is InChI=1S/C17H22N2/c1-11(2)17-15-9-19(10-16(15)17)12(3)8-14-6-5-7-18-13(14)4/h5-8,11,15-17H,3-4,9-10H2,1-2H3/b14-8-. The Morgan fingerprint density at radius 2 is 2.11 bits per heavy atom. The summed E-state index contributed by atoms with van der Waals surface area (Å²) < 4.78 is 0. The highest BCUT2D eigenvalue weighted by atomic mass is 15.2. The van der Waals surface area contributed by atoms with Crippen molar-refractivity contribution in [1.29, 1.82) is 0 Å². The predicted molar refractivity (Wildman–Crippen MR) is 79.5 cm³/mol. The van der Waals surface area contributed by atoms with Gasteiger partial charge in [-0.1, -0.05) is 33.1 Å². The fourth-order valence-electron chi connectivity index (χ4n) is 3.65. The highest BCUT2D eigenvalue weighted by molar-refractivity contribution is 5.44. The molecule has 3 rings (SSSR count). The maximum atomic E-state index is 4.22. The normalized spacial score (nSPS) is 29.7. The summed E-state index contributed by atoms with van der Waals surface area (Å²) in [5.74, 6) is 3.58. The number of likely N-dealkylation sites (tertiary alicyclic amines) is 1. The van der Waals surface area contributed by atoms with Gasteiger partial charge in [0.15, 0.2) is 0 Å². The number of nitrogens with zero attached hydrogens (tertiary/aromatic N) is 2. The lowest BCUT2D eigenvalue weighted by molar-refractivity contribution is 0.335. The molecule has 0 bridgehead atoms. The molecule has 2 aliphatic rings. The molecule has 19 heavy (non-hydrogen) atoms. The third-order valence-corrected chi connectivity index (χ3v) is 4.68. The summed E-state index contributed by atoms with van der Waals surface area (Å²) in [5, 5.41) is 1.90. The zero-order valence-corrected chi connectivity index (χ0v) is 11.8. The summed E-state index contributed by atoms with van der Waals surface area (Å²) in [5.41, 5.74) is 1.10. The van der Waals surface area contributed by atoms with Crippen molar-refractivity contribution in [3.05, 3.63) is 41.2 Å². The fourth-order valence-corrected chi connectivity index (χ4v) is 3.65. The van der Waals surface area contributed by atoms with Gasteiger partial charge >= 0.3 is 0 Å². The zero-order chi connectivity index (χ0) is 13.6. The number of piperidine rings is 1. The average molecular weight is 254 g/mol. The summed E-state index contributed by atoms with van der Waals surface area (Å²) in [6.07, 6.45) is 3.89. The van der Waals surface area contributed by atoms with E-state index in [2.05, 4.69) is 43.0 Å². The van der Waals surface area contributed by atoms with Crippen LogP contribution in [0.3, 0.4) is 0 Å². The van der Waals surface area contributed by atoms with Gasteiger partial charge in [-0.25, -0.2) is 0 Å². The number of pyridine rings is 1. The molecule has 2 heteroatoms. The van der Waals surface area contributed by atoms with Crippen LogP contribution in [0, 0.1) is 23.7 Å². The van der Waals surface area contributed by atoms with Crippen molar-refractivity contribution >= 4 is 12.7 Å². The van der Waals surface area contributed by atoms with Crippen molar-refractivity contribution in [3.8, 4) is 0 Å². The van der Waals surface area contributed by atoms with Crippen LogP contribution in [0.4, 0.5) is 0 Å². The highest BCUT2D eigenvalue weighted by Crippen LogP contribution is 2.55. The molecule has 1 saturated carbocycles. The van der Waals surface area contributed by atoms with E-state index in [-0.39, 0.29) is 0 Å². The molecule has 1 aliphatic carbocycles. The van der Waals surface area contributed by atoms with Gasteiger partial charge in [0.25, 0.3) is 0 Å². The number of allylic oxidation sites excluding steroid dienone is 1. The summed E-state index contributed by atoms with van der Waals surface area (Å²) in [4.78, 5) is 6.63. The largest absolute Gasteiger partial charge is 0.371 e. The summed E-state index contributed by atoms with van der Waals surface area (Å²) >= 11 is 0. The average Bonchev–Trinajstić information content (AvgIpc) is 2.88. The van der Waals surface area contributed by atoms with Gasteiger partial charge in [-0.2, -0.15) is 0 Å². The van der Waals surface area contributed by atoms with E-state index in [0.717, 1.165) is 39.9 Å². The number of hydrogen-bond acceptors (Lipinski definition) is 2. The van der Waals surface area contributed by atoms with Crippen molar-refractivity contribution in [2.24, 2.45) is 23.7 Å². The van der Waals surface area contributed by atoms with Crippen molar-refractivity contribution in [2.45, 2.75) is 13.8 Å². The van der Waals surface area contributed by atoms with Gasteiger partial charge in [0.05, 0.1) is 5.35 Å². The second kappa shape index (κ2) is 4.52. The smallest absolute Gasteiger partial charge is 0.0630 e. The van der Waals surface area contributed by atoms with E-state index in [1.165, 1.54) is 13.1 Å². The molecule has 1 aromatic heterocycles. The Labute approximate surface area is 115 Å². The second-order valence-electron chi connectivity index (χ2n) is 6.23. The maximum Gasteiger partial charge on any atom is 0.0630 e. The molecule has 0 amide bonds. The predicted octanol–water partition coefficient (Wildman–Crippen LogP) is 1.62. The van der Waals surface area contributed by atoms with Crippen molar-refractivity contribution in [1.82, 2.24) is 9.88 Å². The molecule has 2 unspecified atom stereocenters. The molecule has 2 atom stereocenters. The molecule has 2 fully saturated rings. The van der Waals surface area contributed by atoms with E-state index >= 15 is 0 Å². The summed E-state index contributed by atoms with van der Waals surface area (Å²) in [6, 6.07) is 4.00. The van der Waals surface area contributed by atoms with Gasteiger partial charge in [0, 0.05) is 30.2 Å². The van der Waals surface area contributed by atoms with E-state index in [9.17, 15) is 0 Å². The SMILES string of the molecule is C=C(/C=c1/cccnc1=C)N1CC2C(C1)C2C(C)C. The number of fused-ring (bicyclic) bond motifs is 1. The Hall–Kier alpha value is -1.57. The Kier molecular flexibility index (Phi) is 2.96. The number of aromatic nitrogens is 1. The molecule has 1 aromatic rings. The molecule has 1 saturated heterocycles. The van der Waals surface area contributed by atoms with Crippen molar-refractivity contribution in [3.63, 3.8) is 0 Å². The zero-order valence-electron chi connectivity index (χ0n) is 11.8. The lowest BCUT2D eigenvalue weighted by Crippen LogP contribution is -2.29. The third-order valence-electron chi connectivity index (χ3n) is 4.68. The van der Waals surface area contributed by atoms with E-state index in [4.69, 9.17) is 0 Å². The molecule has 0 spiro atoms. The van der Waals surface area contributed by atoms with E-state index in [0.29, 0.717) is 0 Å². The Balaban J connectivity index is 1.71. The molecule has 2 heterocycles. The van der Waals surface area contributed by atoms with Crippen LogP contribution in [-0.4, -0.2) is 23.0 Å². The first kappa shape index (κ1) is 12.5. The number of hydrogen-bond donors (Lipinski definition) is 0. The number of rotatable bonds is 3. The molecule has 0 N–H and O–H groups in total. The molecule has 100 valence electrons. The van der Waals surface area contributed by atoms with E-state index in [1.807, 2.05) is 12.1 Å². The van der Waals surface area contributed by atoms with E-state index < -0.39 is 0 Å². The molecule has 0 aromatic carbocycles. The third kappa shape index (κ3) is 2.20. The van der Waals surface area contributed by atoms with Gasteiger partial charge in [0.2, 0.25) is 0 Å². The van der Waals surface area contributed by atoms with Gasteiger partial charge in [-0.05, 0) is 35.8 Å². The monoisotopic (exact) mass is 254 g/mol. The van der Waals surface area contributed by atoms with Gasteiger partial charge in [-0.15, -0.1) is 0 Å². The van der Waals surface area contributed by atoms with E-state index in [1.54, 1.807) is 6.20 Å². The van der Waals surface area contributed by atoms with Gasteiger partial charge in [-0.3, -0.25) is 4.98 Å². The minimum Gasteiger partial charge on any atom is -0.371 e. The summed E-state index contributed by atoms with van der Waals surface area (Å²) in [7, 11) is 0. The maximum absolute atomic E-state index is 4.22. The van der Waals surface area contributed by atoms with Crippen LogP contribution in [0.5, 0.6) is 0 Å². The van der Waals surface area contributed by atoms with Crippen molar-refractivity contribution < 1.29 is 0 Å². The molecular formula is C17H22N2. The minimum absolute atomic E-state index is 0.827. The Morgan fingerprint density at radius 3 is 2.68 bits per heavy atom. The van der Waals surface area contributed by atoms with Gasteiger partial charge in [0.1, 0.15) is 0 Å². The Morgan fingerprint density at radius 1 is 1.42 bits per heavy atom. The Bertz CT molecular complexity index is 590. The van der Waals surface area contributed by atoms with Crippen LogP contribution in [-0.2, 0) is 0 Å². The van der Waals surface area contributed by atoms with Crippen LogP contribution in [0.25, 0.3) is 12.7 Å². The quantitative estimate of drug-likeness (QED) is 0.815. The van der Waals surface area contributed by atoms with Crippen LogP contribution in [0.2, 0.25) is 0 Å². The second-order valence-corrected chi connectivity index (χ2v) is 6.23. The lowest BCUT2D eigenvalue weighted by Gasteiger charge is -2.23. The fraction of sp³-hybridized carbons (Fsp3) is 0.471. The van der Waals surface area contributed by atoms with Crippen LogP contribution in [0.1, 0.15) is 13.8 Å². The van der Waals surface area contributed by atoms with Crippen molar-refractivity contribution in [2.75, 3.05) is 13.1 Å². The summed E-state index contributed by atoms with van der Waals surface area (Å²) in [6.45, 7) is 15.2. The molecule has 1 aliphatic heterocycles. The lowest BCUT2D eigenvalue weighted by atomic mass is 10.0. The highest BCUT2D eigenvalue weighted by Gasteiger charge is 2.56. The van der Waals surface area contributed by atoms with Crippen LogP contribution < -0.4 is 10.6 Å². The first-order valence-corrected chi connectivity index (χ1v) is 7.13. The molecule has 2 nitrogen and oxygen atoms in total. The van der Waals surface area contributed by atoms with Crippen LogP contribution in [0.15, 0.2) is 30.6 Å². The first-order valence-electron chi connectivity index (χ1n) is 7.13. The minimum atomic E-state index is 0.827. The van der Waals surface area contributed by atoms with Gasteiger partial charge < -0.3 is 4.90 Å². The molecular weight excluding hydrogens is 232 g/mol. The first-order chi connectivity index (χ1) is 9.08. The molecule has 0 radical (unpaired) electrons.